The highest BCUT2D eigenvalue weighted by molar-refractivity contribution is 7.99. The van der Waals surface area contributed by atoms with Crippen LogP contribution in [0.3, 0.4) is 0 Å². The number of hydrogen-bond acceptors (Lipinski definition) is 4. The van der Waals surface area contributed by atoms with Crippen molar-refractivity contribution in [2.45, 2.75) is 36.9 Å². The van der Waals surface area contributed by atoms with Crippen molar-refractivity contribution in [1.29, 1.82) is 5.41 Å². The van der Waals surface area contributed by atoms with Gasteiger partial charge in [0.05, 0.1) is 0 Å². The molecule has 0 amide bonds. The molecule has 20 heavy (non-hydrogen) atoms. The predicted molar refractivity (Wildman–Crippen MR) is 79.5 cm³/mol. The van der Waals surface area contributed by atoms with E-state index in [0.29, 0.717) is 17.3 Å². The fraction of sp³-hybridized carbons (Fsp3) is 0.308. The lowest BCUT2D eigenvalue weighted by atomic mass is 10.1. The highest BCUT2D eigenvalue weighted by atomic mass is 32.2. The van der Waals surface area contributed by atoms with Crippen LogP contribution in [-0.4, -0.2) is 20.6 Å². The second-order valence-electron chi connectivity index (χ2n) is 4.48. The van der Waals surface area contributed by atoms with Crippen molar-refractivity contribution in [3.63, 3.8) is 0 Å². The summed E-state index contributed by atoms with van der Waals surface area (Å²) in [6.07, 6.45) is 0.848. The third-order valence-corrected chi connectivity index (χ3v) is 3.85. The summed E-state index contributed by atoms with van der Waals surface area (Å²) in [5.74, 6) is 0.00687. The van der Waals surface area contributed by atoms with E-state index in [4.69, 9.17) is 11.1 Å². The second kappa shape index (κ2) is 5.96. The van der Waals surface area contributed by atoms with Gasteiger partial charge in [0.25, 0.3) is 0 Å². The molecule has 2 rings (SSSR count). The summed E-state index contributed by atoms with van der Waals surface area (Å²) >= 11 is 1.34. The highest BCUT2D eigenvalue weighted by Crippen LogP contribution is 2.29. The Balaban J connectivity index is 2.42. The third-order valence-electron chi connectivity index (χ3n) is 2.80. The molecular weight excluding hydrogens is 274 g/mol. The number of aromatic amines is 1. The first-order valence-electron chi connectivity index (χ1n) is 6.31. The molecular formula is C13H17N5OS. The van der Waals surface area contributed by atoms with E-state index in [1.165, 1.54) is 11.8 Å². The van der Waals surface area contributed by atoms with Gasteiger partial charge in [0, 0.05) is 17.0 Å². The molecule has 0 aliphatic rings. The van der Waals surface area contributed by atoms with E-state index >= 15 is 0 Å². The number of aryl methyl sites for hydroxylation is 1. The van der Waals surface area contributed by atoms with Crippen LogP contribution in [-0.2, 0) is 6.54 Å². The molecule has 0 spiro atoms. The molecule has 106 valence electrons. The van der Waals surface area contributed by atoms with Gasteiger partial charge >= 0.3 is 5.69 Å². The van der Waals surface area contributed by atoms with Crippen LogP contribution >= 0.6 is 11.8 Å². The number of nitrogens with zero attached hydrogens (tertiary/aromatic N) is 2. The van der Waals surface area contributed by atoms with Crippen molar-refractivity contribution in [1.82, 2.24) is 14.8 Å². The van der Waals surface area contributed by atoms with E-state index < -0.39 is 0 Å². The van der Waals surface area contributed by atoms with Crippen LogP contribution in [0.2, 0.25) is 0 Å². The SMILES string of the molecule is CCCn1c(Sc2cc(C)ccc2C(=N)N)n[nH]c1=O. The van der Waals surface area contributed by atoms with E-state index in [0.717, 1.165) is 16.9 Å². The average molecular weight is 291 g/mol. The van der Waals surface area contributed by atoms with Gasteiger partial charge in [-0.25, -0.2) is 9.89 Å². The summed E-state index contributed by atoms with van der Waals surface area (Å²) in [4.78, 5) is 12.5. The topological polar surface area (TPSA) is 101 Å². The molecule has 0 unspecified atom stereocenters. The van der Waals surface area contributed by atoms with Gasteiger partial charge < -0.3 is 5.73 Å². The first-order valence-corrected chi connectivity index (χ1v) is 7.12. The van der Waals surface area contributed by atoms with Crippen LogP contribution < -0.4 is 11.4 Å². The Labute approximate surface area is 120 Å². The highest BCUT2D eigenvalue weighted by Gasteiger charge is 2.13. The largest absolute Gasteiger partial charge is 0.384 e. The van der Waals surface area contributed by atoms with Gasteiger partial charge in [-0.15, -0.1) is 5.10 Å². The van der Waals surface area contributed by atoms with Crippen LogP contribution in [0.5, 0.6) is 0 Å². The van der Waals surface area contributed by atoms with Crippen molar-refractivity contribution in [2.24, 2.45) is 5.73 Å². The number of amidine groups is 1. The molecule has 1 aromatic carbocycles. The Hall–Kier alpha value is -2.02. The summed E-state index contributed by atoms with van der Waals surface area (Å²) in [6.45, 7) is 4.58. The quantitative estimate of drug-likeness (QED) is 0.577. The fourth-order valence-electron chi connectivity index (χ4n) is 1.84. The summed E-state index contributed by atoms with van der Waals surface area (Å²) in [5.41, 5.74) is 7.10. The zero-order chi connectivity index (χ0) is 14.7. The van der Waals surface area contributed by atoms with E-state index in [2.05, 4.69) is 10.2 Å². The van der Waals surface area contributed by atoms with Crippen molar-refractivity contribution < 1.29 is 0 Å². The number of nitrogens with one attached hydrogen (secondary N) is 2. The molecule has 0 saturated carbocycles. The standard InChI is InChI=1S/C13H17N5OS/c1-3-6-18-12(19)16-17-13(18)20-10-7-8(2)4-5-9(10)11(14)15/h4-5,7H,3,6H2,1-2H3,(H3,14,15)(H,16,19). The lowest BCUT2D eigenvalue weighted by Gasteiger charge is -2.09. The van der Waals surface area contributed by atoms with Gasteiger partial charge in [0.2, 0.25) is 0 Å². The van der Waals surface area contributed by atoms with E-state index in [1.54, 1.807) is 4.57 Å². The van der Waals surface area contributed by atoms with Crippen LogP contribution in [0.4, 0.5) is 0 Å². The van der Waals surface area contributed by atoms with Gasteiger partial charge in [0.15, 0.2) is 5.16 Å². The van der Waals surface area contributed by atoms with Gasteiger partial charge in [-0.3, -0.25) is 9.98 Å². The maximum Gasteiger partial charge on any atom is 0.343 e. The summed E-state index contributed by atoms with van der Waals surface area (Å²) in [7, 11) is 0. The molecule has 6 nitrogen and oxygen atoms in total. The van der Waals surface area contributed by atoms with Crippen molar-refractivity contribution >= 4 is 17.6 Å². The number of H-pyrrole nitrogens is 1. The van der Waals surface area contributed by atoms with Gasteiger partial charge in [0.1, 0.15) is 5.84 Å². The summed E-state index contributed by atoms with van der Waals surface area (Å²) in [5, 5.41) is 14.7. The first-order chi connectivity index (χ1) is 9.52. The molecule has 0 aliphatic carbocycles. The molecule has 0 saturated heterocycles. The zero-order valence-electron chi connectivity index (χ0n) is 11.4. The molecule has 0 fully saturated rings. The Kier molecular flexibility index (Phi) is 4.29. The van der Waals surface area contributed by atoms with E-state index in [1.807, 2.05) is 32.0 Å². The minimum absolute atomic E-state index is 0.00687. The summed E-state index contributed by atoms with van der Waals surface area (Å²) < 4.78 is 1.59. The van der Waals surface area contributed by atoms with Crippen LogP contribution in [0.15, 0.2) is 33.0 Å². The van der Waals surface area contributed by atoms with Crippen LogP contribution in [0, 0.1) is 12.3 Å². The molecule has 0 bridgehead atoms. The number of rotatable bonds is 5. The minimum Gasteiger partial charge on any atom is -0.384 e. The Morgan fingerprint density at radius 3 is 2.95 bits per heavy atom. The van der Waals surface area contributed by atoms with Crippen molar-refractivity contribution in [2.75, 3.05) is 0 Å². The Morgan fingerprint density at radius 1 is 1.55 bits per heavy atom. The van der Waals surface area contributed by atoms with Crippen LogP contribution in [0.1, 0.15) is 24.5 Å². The minimum atomic E-state index is -0.216. The number of nitrogen functional groups attached to an aromatic ring is 1. The Morgan fingerprint density at radius 2 is 2.30 bits per heavy atom. The number of nitrogens with two attached hydrogens (primary N) is 1. The lowest BCUT2D eigenvalue weighted by Crippen LogP contribution is -2.17. The van der Waals surface area contributed by atoms with Gasteiger partial charge in [-0.1, -0.05) is 13.0 Å². The monoisotopic (exact) mass is 291 g/mol. The number of hydrogen-bond donors (Lipinski definition) is 3. The smallest absolute Gasteiger partial charge is 0.343 e. The maximum absolute atomic E-state index is 11.7. The first kappa shape index (κ1) is 14.4. The molecule has 0 atom stereocenters. The normalized spacial score (nSPS) is 10.7. The Bertz CT molecular complexity index is 688. The third kappa shape index (κ3) is 2.93. The molecule has 2 aromatic rings. The van der Waals surface area contributed by atoms with Gasteiger partial charge in [-0.05, 0) is 42.8 Å². The number of benzene rings is 1. The van der Waals surface area contributed by atoms with Crippen LogP contribution in [0.25, 0.3) is 0 Å². The predicted octanol–water partition coefficient (Wildman–Crippen LogP) is 1.73. The molecule has 4 N–H and O–H groups in total. The van der Waals surface area contributed by atoms with Gasteiger partial charge in [-0.2, -0.15) is 0 Å². The van der Waals surface area contributed by atoms with E-state index in [9.17, 15) is 4.79 Å². The lowest BCUT2D eigenvalue weighted by molar-refractivity contribution is 0.604. The fourth-order valence-corrected chi connectivity index (χ4v) is 2.94. The molecule has 0 aliphatic heterocycles. The maximum atomic E-state index is 11.7. The molecule has 0 radical (unpaired) electrons. The molecule has 7 heteroatoms. The second-order valence-corrected chi connectivity index (χ2v) is 5.49. The zero-order valence-corrected chi connectivity index (χ0v) is 12.3. The van der Waals surface area contributed by atoms with E-state index in [-0.39, 0.29) is 11.5 Å². The summed E-state index contributed by atoms with van der Waals surface area (Å²) in [6, 6.07) is 5.66. The van der Waals surface area contributed by atoms with Crippen molar-refractivity contribution in [3.8, 4) is 0 Å². The molecule has 1 aromatic heterocycles. The average Bonchev–Trinajstić information content (AvgIpc) is 2.72. The molecule has 1 heterocycles. The number of aromatic nitrogens is 3. The van der Waals surface area contributed by atoms with Crippen molar-refractivity contribution in [3.05, 3.63) is 39.8 Å².